The number of rotatable bonds is 1. The third-order valence-corrected chi connectivity index (χ3v) is 1.69. The van der Waals surface area contributed by atoms with Crippen molar-refractivity contribution in [3.63, 3.8) is 0 Å². The largest absolute Gasteiger partial charge is 1.00 e. The molecule has 1 unspecified atom stereocenters. The summed E-state index contributed by atoms with van der Waals surface area (Å²) in [7, 11) is 1.57. The minimum Gasteiger partial charge on any atom is -0.767 e. The van der Waals surface area contributed by atoms with Gasteiger partial charge < -0.3 is 4.55 Å². The summed E-state index contributed by atoms with van der Waals surface area (Å²) in [6.07, 6.45) is 1.44. The van der Waals surface area contributed by atoms with E-state index in [1.807, 2.05) is 0 Å². The molecular weight excluding hydrogens is 163 g/mol. The van der Waals surface area contributed by atoms with Crippen LogP contribution in [0.5, 0.6) is 0 Å². The first kappa shape index (κ1) is 10.3. The Kier molecular flexibility index (Phi) is 4.39. The van der Waals surface area contributed by atoms with Gasteiger partial charge in [-0.3, -0.25) is 8.89 Å². The summed E-state index contributed by atoms with van der Waals surface area (Å²) in [6.45, 7) is 0. The molecule has 0 aromatic carbocycles. The van der Waals surface area contributed by atoms with Crippen LogP contribution in [0.3, 0.4) is 0 Å². The molecule has 1 heterocycles. The van der Waals surface area contributed by atoms with Gasteiger partial charge in [0.1, 0.15) is 5.03 Å². The summed E-state index contributed by atoms with van der Waals surface area (Å²) in [4.78, 5) is 0. The van der Waals surface area contributed by atoms with Crippen molar-refractivity contribution < 1.29 is 38.3 Å². The fourth-order valence-electron chi connectivity index (χ4n) is 0.525. The molecule has 0 amide bonds. The zero-order chi connectivity index (χ0) is 6.85. The van der Waals surface area contributed by atoms with Crippen molar-refractivity contribution in [3.8, 4) is 0 Å². The third-order valence-electron chi connectivity index (χ3n) is 0.947. The Morgan fingerprint density at radius 3 is 2.60 bits per heavy atom. The van der Waals surface area contributed by atoms with Crippen LogP contribution >= 0.6 is 0 Å². The molecule has 1 rings (SSSR count). The number of hydrogen-bond acceptors (Lipinski definition) is 3. The quantitative estimate of drug-likeness (QED) is 0.325. The van der Waals surface area contributed by atoms with Crippen molar-refractivity contribution in [2.45, 2.75) is 5.03 Å². The molecule has 0 aliphatic carbocycles. The van der Waals surface area contributed by atoms with Crippen LogP contribution in [-0.2, 0) is 18.1 Å². The monoisotopic (exact) mass is 168 g/mol. The summed E-state index contributed by atoms with van der Waals surface area (Å²) in [6, 6.07) is 1.43. The SMILES string of the molecule is Cn1nccc1S(=O)[O-].[Na+]. The van der Waals surface area contributed by atoms with Crippen LogP contribution in [0, 0.1) is 0 Å². The topological polar surface area (TPSA) is 58.0 Å². The molecule has 0 saturated carbocycles. The van der Waals surface area contributed by atoms with Gasteiger partial charge in [0.15, 0.2) is 0 Å². The Labute approximate surface area is 83.2 Å². The minimum atomic E-state index is -2.16. The van der Waals surface area contributed by atoms with Crippen LogP contribution in [0.2, 0.25) is 0 Å². The first-order valence-electron chi connectivity index (χ1n) is 2.29. The van der Waals surface area contributed by atoms with Gasteiger partial charge in [-0.25, -0.2) is 0 Å². The van der Waals surface area contributed by atoms with Gasteiger partial charge in [0.2, 0.25) is 0 Å². The van der Waals surface area contributed by atoms with E-state index >= 15 is 0 Å². The zero-order valence-corrected chi connectivity index (χ0v) is 8.59. The van der Waals surface area contributed by atoms with E-state index in [1.165, 1.54) is 16.9 Å². The zero-order valence-electron chi connectivity index (χ0n) is 5.77. The standard InChI is InChI=1S/C4H6N2O2S.Na/c1-6-4(9(7)8)2-3-5-6;/h2-3H,1H3,(H,7,8);/q;+1/p-1. The molecule has 0 N–H and O–H groups in total. The van der Waals surface area contributed by atoms with Crippen molar-refractivity contribution in [1.82, 2.24) is 9.78 Å². The minimum absolute atomic E-state index is 0. The molecule has 50 valence electrons. The van der Waals surface area contributed by atoms with Crippen molar-refractivity contribution in [2.75, 3.05) is 0 Å². The van der Waals surface area contributed by atoms with Crippen molar-refractivity contribution in [2.24, 2.45) is 7.05 Å². The van der Waals surface area contributed by atoms with E-state index in [-0.39, 0.29) is 34.6 Å². The Bertz CT molecular complexity index is 237. The van der Waals surface area contributed by atoms with Crippen LogP contribution in [0.15, 0.2) is 17.3 Å². The molecule has 0 radical (unpaired) electrons. The third kappa shape index (κ3) is 2.17. The molecule has 4 nitrogen and oxygen atoms in total. The molecule has 0 spiro atoms. The smallest absolute Gasteiger partial charge is 0.767 e. The predicted octanol–water partition coefficient (Wildman–Crippen LogP) is -3.34. The summed E-state index contributed by atoms with van der Waals surface area (Å²) in [5.41, 5.74) is 0. The second-order valence-electron chi connectivity index (χ2n) is 1.53. The van der Waals surface area contributed by atoms with E-state index in [9.17, 15) is 8.76 Å². The van der Waals surface area contributed by atoms with E-state index in [4.69, 9.17) is 0 Å². The van der Waals surface area contributed by atoms with Crippen LogP contribution in [0.1, 0.15) is 0 Å². The average Bonchev–Trinajstić information content (AvgIpc) is 2.13. The first-order chi connectivity index (χ1) is 4.22. The van der Waals surface area contributed by atoms with Gasteiger partial charge in [-0.2, -0.15) is 5.10 Å². The van der Waals surface area contributed by atoms with Crippen molar-refractivity contribution in [1.29, 1.82) is 0 Å². The van der Waals surface area contributed by atoms with Gasteiger partial charge in [-0.1, -0.05) is 0 Å². The molecule has 0 fully saturated rings. The van der Waals surface area contributed by atoms with E-state index in [2.05, 4.69) is 5.10 Å². The van der Waals surface area contributed by atoms with Gasteiger partial charge in [-0.05, 0) is 17.1 Å². The molecule has 1 aromatic heterocycles. The van der Waals surface area contributed by atoms with Crippen molar-refractivity contribution in [3.05, 3.63) is 12.3 Å². The van der Waals surface area contributed by atoms with E-state index in [0.29, 0.717) is 0 Å². The summed E-state index contributed by atoms with van der Waals surface area (Å²) in [5, 5.41) is 3.87. The van der Waals surface area contributed by atoms with Crippen LogP contribution < -0.4 is 29.6 Å². The molecule has 6 heteroatoms. The van der Waals surface area contributed by atoms with Gasteiger partial charge in [-0.15, -0.1) is 0 Å². The van der Waals surface area contributed by atoms with Gasteiger partial charge in [0.05, 0.1) is 6.20 Å². The Morgan fingerprint density at radius 1 is 1.80 bits per heavy atom. The van der Waals surface area contributed by atoms with Crippen LogP contribution in [0.4, 0.5) is 0 Å². The fourth-order valence-corrected chi connectivity index (χ4v) is 0.960. The maximum Gasteiger partial charge on any atom is 1.00 e. The second-order valence-corrected chi connectivity index (χ2v) is 2.42. The molecule has 10 heavy (non-hydrogen) atoms. The fraction of sp³-hybridized carbons (Fsp3) is 0.250. The molecule has 0 aliphatic rings. The van der Waals surface area contributed by atoms with Crippen molar-refractivity contribution >= 4 is 11.1 Å². The van der Waals surface area contributed by atoms with Gasteiger partial charge in [0, 0.05) is 7.05 Å². The predicted molar refractivity (Wildman–Crippen MR) is 30.4 cm³/mol. The molecular formula is C4H5N2NaO2S. The maximum atomic E-state index is 10.2. The normalized spacial score (nSPS) is 12.2. The summed E-state index contributed by atoms with van der Waals surface area (Å²) < 4.78 is 21.7. The van der Waals surface area contributed by atoms with E-state index < -0.39 is 11.1 Å². The van der Waals surface area contributed by atoms with E-state index in [0.717, 1.165) is 0 Å². The number of nitrogens with zero attached hydrogens (tertiary/aromatic N) is 2. The molecule has 0 bridgehead atoms. The number of aromatic nitrogens is 2. The molecule has 0 saturated heterocycles. The maximum absolute atomic E-state index is 10.2. The van der Waals surface area contributed by atoms with Crippen LogP contribution in [-0.4, -0.2) is 18.5 Å². The Morgan fingerprint density at radius 2 is 2.40 bits per heavy atom. The number of hydrogen-bond donors (Lipinski definition) is 0. The van der Waals surface area contributed by atoms with Gasteiger partial charge >= 0.3 is 29.6 Å². The molecule has 1 atom stereocenters. The summed E-state index contributed by atoms with van der Waals surface area (Å²) in [5.74, 6) is 0. The number of aryl methyl sites for hydroxylation is 1. The Hall–Kier alpha value is 0.320. The van der Waals surface area contributed by atoms with E-state index in [1.54, 1.807) is 7.05 Å². The molecule has 1 aromatic rings. The average molecular weight is 168 g/mol. The first-order valence-corrected chi connectivity index (χ1v) is 3.36. The van der Waals surface area contributed by atoms with Gasteiger partial charge in [0.25, 0.3) is 0 Å². The second kappa shape index (κ2) is 4.25. The summed E-state index contributed by atoms with van der Waals surface area (Å²) >= 11 is -2.16. The van der Waals surface area contributed by atoms with Crippen LogP contribution in [0.25, 0.3) is 0 Å². The molecule has 0 aliphatic heterocycles. The Balaban J connectivity index is 0.000000810.